The lowest BCUT2D eigenvalue weighted by Crippen LogP contribution is -2.11. The van der Waals surface area contributed by atoms with Crippen molar-refractivity contribution in [1.29, 1.82) is 0 Å². The number of anilines is 1. The van der Waals surface area contributed by atoms with E-state index < -0.39 is 0 Å². The van der Waals surface area contributed by atoms with Gasteiger partial charge in [-0.2, -0.15) is 0 Å². The minimum atomic E-state index is 0.391. The topological polar surface area (TPSA) is 94.3 Å². The van der Waals surface area contributed by atoms with Gasteiger partial charge in [0.15, 0.2) is 0 Å². The van der Waals surface area contributed by atoms with Gasteiger partial charge in [-0.25, -0.2) is 4.98 Å². The normalized spacial score (nSPS) is 10.4. The van der Waals surface area contributed by atoms with Crippen LogP contribution in [0.25, 0.3) is 5.95 Å². The van der Waals surface area contributed by atoms with Crippen molar-refractivity contribution in [1.82, 2.24) is 34.9 Å². The Labute approximate surface area is 114 Å². The Balaban J connectivity index is 1.56. The Kier molecular flexibility index (Phi) is 3.54. The second-order valence-electron chi connectivity index (χ2n) is 4.03. The molecule has 0 aliphatic carbocycles. The number of imidazole rings is 1. The van der Waals surface area contributed by atoms with E-state index in [2.05, 4.69) is 35.7 Å². The highest BCUT2D eigenvalue weighted by Gasteiger charge is 2.02. The zero-order valence-electron chi connectivity index (χ0n) is 10.6. The third-order valence-electron chi connectivity index (χ3n) is 2.65. The summed E-state index contributed by atoms with van der Waals surface area (Å²) >= 11 is 0. The fourth-order valence-electron chi connectivity index (χ4n) is 1.64. The molecule has 0 fully saturated rings. The summed E-state index contributed by atoms with van der Waals surface area (Å²) in [6.45, 7) is 0.706. The summed E-state index contributed by atoms with van der Waals surface area (Å²) in [6.07, 6.45) is 9.37. The molecule has 8 heteroatoms. The first-order valence-electron chi connectivity index (χ1n) is 6.10. The molecule has 0 saturated heterocycles. The van der Waals surface area contributed by atoms with Gasteiger partial charge in [-0.15, -0.1) is 20.4 Å². The summed E-state index contributed by atoms with van der Waals surface area (Å²) in [5.41, 5.74) is 1.20. The van der Waals surface area contributed by atoms with E-state index in [1.165, 1.54) is 5.56 Å². The van der Waals surface area contributed by atoms with Gasteiger partial charge in [0.05, 0.1) is 0 Å². The van der Waals surface area contributed by atoms with Gasteiger partial charge < -0.3 is 5.32 Å². The smallest absolute Gasteiger partial charge is 0.274 e. The third-order valence-corrected chi connectivity index (χ3v) is 2.65. The van der Waals surface area contributed by atoms with Crippen LogP contribution in [0.4, 0.5) is 5.95 Å². The van der Waals surface area contributed by atoms with Gasteiger partial charge in [0.1, 0.15) is 6.33 Å². The summed E-state index contributed by atoms with van der Waals surface area (Å²) in [6, 6.07) is 3.95. The first kappa shape index (κ1) is 12.2. The van der Waals surface area contributed by atoms with Crippen molar-refractivity contribution in [3.8, 4) is 5.95 Å². The quantitative estimate of drug-likeness (QED) is 0.720. The van der Waals surface area contributed by atoms with Crippen LogP contribution in [0.5, 0.6) is 0 Å². The van der Waals surface area contributed by atoms with Crippen LogP contribution >= 0.6 is 0 Å². The molecule has 3 rings (SSSR count). The van der Waals surface area contributed by atoms with Crippen molar-refractivity contribution >= 4 is 5.95 Å². The molecule has 1 N–H and O–H groups in total. The summed E-state index contributed by atoms with van der Waals surface area (Å²) in [5, 5.41) is 19.0. The van der Waals surface area contributed by atoms with Crippen LogP contribution in [0.2, 0.25) is 0 Å². The maximum Gasteiger partial charge on any atom is 0.274 e. The molecule has 3 heterocycles. The Morgan fingerprint density at radius 2 is 1.75 bits per heavy atom. The van der Waals surface area contributed by atoms with E-state index in [-0.39, 0.29) is 0 Å². The molecule has 0 atom stereocenters. The molecule has 8 nitrogen and oxygen atoms in total. The van der Waals surface area contributed by atoms with E-state index in [1.54, 1.807) is 35.7 Å². The van der Waals surface area contributed by atoms with E-state index in [4.69, 9.17) is 0 Å². The predicted octanol–water partition coefficient (Wildman–Crippen LogP) is 0.502. The number of pyridine rings is 1. The van der Waals surface area contributed by atoms with Crippen LogP contribution in [-0.2, 0) is 6.42 Å². The van der Waals surface area contributed by atoms with Crippen LogP contribution < -0.4 is 5.32 Å². The van der Waals surface area contributed by atoms with Crippen molar-refractivity contribution in [2.24, 2.45) is 0 Å². The van der Waals surface area contributed by atoms with Gasteiger partial charge in [-0.1, -0.05) is 0 Å². The van der Waals surface area contributed by atoms with Gasteiger partial charge in [0, 0.05) is 31.3 Å². The Morgan fingerprint density at radius 3 is 2.45 bits per heavy atom. The summed E-state index contributed by atoms with van der Waals surface area (Å²) in [4.78, 5) is 7.88. The first-order valence-corrected chi connectivity index (χ1v) is 6.10. The summed E-state index contributed by atoms with van der Waals surface area (Å²) in [5.74, 6) is 0.796. The highest BCUT2D eigenvalue weighted by Crippen LogP contribution is 2.00. The molecule has 3 aromatic heterocycles. The molecule has 3 aromatic rings. The number of nitrogens with one attached hydrogen (secondary N) is 1. The van der Waals surface area contributed by atoms with Gasteiger partial charge in [0.25, 0.3) is 11.9 Å². The number of hydrogen-bond donors (Lipinski definition) is 1. The predicted molar refractivity (Wildman–Crippen MR) is 71.2 cm³/mol. The Bertz CT molecular complexity index is 635. The van der Waals surface area contributed by atoms with Crippen molar-refractivity contribution in [2.75, 3.05) is 11.9 Å². The molecular formula is C12H12N8. The van der Waals surface area contributed by atoms with Crippen LogP contribution in [0.1, 0.15) is 5.56 Å². The Hall–Kier alpha value is -2.90. The minimum Gasteiger partial charge on any atom is -0.351 e. The number of nitrogens with zero attached hydrogens (tertiary/aromatic N) is 7. The fourth-order valence-corrected chi connectivity index (χ4v) is 1.64. The zero-order valence-corrected chi connectivity index (χ0v) is 10.6. The van der Waals surface area contributed by atoms with E-state index in [9.17, 15) is 0 Å². The van der Waals surface area contributed by atoms with Crippen LogP contribution in [-0.4, -0.2) is 41.5 Å². The average molecular weight is 268 g/mol. The molecule has 0 aromatic carbocycles. The molecule has 0 aliphatic rings. The molecule has 0 saturated carbocycles. The second kappa shape index (κ2) is 5.83. The van der Waals surface area contributed by atoms with Crippen LogP contribution in [0, 0.1) is 0 Å². The third kappa shape index (κ3) is 2.91. The second-order valence-corrected chi connectivity index (χ2v) is 4.03. The molecule has 20 heavy (non-hydrogen) atoms. The largest absolute Gasteiger partial charge is 0.351 e. The minimum absolute atomic E-state index is 0.391. The number of aromatic nitrogens is 7. The van der Waals surface area contributed by atoms with Gasteiger partial charge in [-0.05, 0) is 24.1 Å². The number of rotatable bonds is 5. The highest BCUT2D eigenvalue weighted by atomic mass is 15.4. The summed E-state index contributed by atoms with van der Waals surface area (Å²) in [7, 11) is 0. The standard InChI is InChI=1S/C12H12N8/c1-4-13-5-2-10(1)3-6-15-11-16-18-12(19-17-11)20-8-7-14-9-20/h1-2,4-5,7-9H,3,6H2,(H,15,16,17). The average Bonchev–Trinajstić information content (AvgIpc) is 3.03. The zero-order chi connectivity index (χ0) is 13.6. The molecule has 0 spiro atoms. The van der Waals surface area contributed by atoms with E-state index >= 15 is 0 Å². The maximum atomic E-state index is 3.97. The van der Waals surface area contributed by atoms with Crippen molar-refractivity contribution in [3.05, 3.63) is 48.8 Å². The Morgan fingerprint density at radius 1 is 0.950 bits per heavy atom. The lowest BCUT2D eigenvalue weighted by molar-refractivity contribution is 0.779. The van der Waals surface area contributed by atoms with Crippen molar-refractivity contribution in [2.45, 2.75) is 6.42 Å². The van der Waals surface area contributed by atoms with E-state index in [0.29, 0.717) is 18.4 Å². The van der Waals surface area contributed by atoms with Gasteiger partial charge >= 0.3 is 0 Å². The summed E-state index contributed by atoms with van der Waals surface area (Å²) < 4.78 is 1.64. The molecule has 100 valence electrons. The molecule has 0 bridgehead atoms. The molecule has 0 amide bonds. The fraction of sp³-hybridized carbons (Fsp3) is 0.167. The molecule has 0 unspecified atom stereocenters. The number of hydrogen-bond acceptors (Lipinski definition) is 7. The first-order chi connectivity index (χ1) is 9.92. The molecule has 0 radical (unpaired) electrons. The van der Waals surface area contributed by atoms with E-state index in [1.807, 2.05) is 12.1 Å². The molecular weight excluding hydrogens is 256 g/mol. The lowest BCUT2D eigenvalue weighted by atomic mass is 10.2. The highest BCUT2D eigenvalue weighted by molar-refractivity contribution is 5.22. The van der Waals surface area contributed by atoms with Crippen LogP contribution in [0.15, 0.2) is 43.2 Å². The van der Waals surface area contributed by atoms with Gasteiger partial charge in [-0.3, -0.25) is 9.55 Å². The lowest BCUT2D eigenvalue weighted by Gasteiger charge is -2.04. The maximum absolute atomic E-state index is 3.97. The van der Waals surface area contributed by atoms with Crippen molar-refractivity contribution in [3.63, 3.8) is 0 Å². The van der Waals surface area contributed by atoms with Crippen molar-refractivity contribution < 1.29 is 0 Å². The van der Waals surface area contributed by atoms with Gasteiger partial charge in [0.2, 0.25) is 0 Å². The molecule has 0 aliphatic heterocycles. The van der Waals surface area contributed by atoms with E-state index in [0.717, 1.165) is 6.42 Å². The monoisotopic (exact) mass is 268 g/mol. The SMILES string of the molecule is c1cc(CCNc2nnc(-n3ccnc3)nn2)ccn1. The van der Waals surface area contributed by atoms with Crippen LogP contribution in [0.3, 0.4) is 0 Å².